The van der Waals surface area contributed by atoms with Crippen LogP contribution in [0.1, 0.15) is 17.4 Å². The molecule has 0 bridgehead atoms. The van der Waals surface area contributed by atoms with Crippen molar-refractivity contribution in [3.63, 3.8) is 0 Å². The van der Waals surface area contributed by atoms with E-state index in [0.29, 0.717) is 18.1 Å². The molecule has 0 atom stereocenters. The maximum atomic E-state index is 11.6. The van der Waals surface area contributed by atoms with E-state index < -0.39 is 5.97 Å². The van der Waals surface area contributed by atoms with Gasteiger partial charge in [0, 0.05) is 17.7 Å². The van der Waals surface area contributed by atoms with E-state index in [0.717, 1.165) is 5.56 Å². The SMILES string of the molecule is CCOc1cc(C(=O)OC)nc(-c2ccccc2)c1. The normalized spacial score (nSPS) is 10.0. The van der Waals surface area contributed by atoms with Crippen LogP contribution in [-0.2, 0) is 4.74 Å². The Kier molecular flexibility index (Phi) is 4.13. The number of aromatic nitrogens is 1. The van der Waals surface area contributed by atoms with Crippen molar-refractivity contribution in [3.8, 4) is 17.0 Å². The van der Waals surface area contributed by atoms with Crippen molar-refractivity contribution in [1.82, 2.24) is 4.98 Å². The highest BCUT2D eigenvalue weighted by atomic mass is 16.5. The van der Waals surface area contributed by atoms with Crippen LogP contribution in [0.2, 0.25) is 0 Å². The Morgan fingerprint density at radius 2 is 1.95 bits per heavy atom. The minimum Gasteiger partial charge on any atom is -0.494 e. The minimum atomic E-state index is -0.473. The quantitative estimate of drug-likeness (QED) is 0.790. The van der Waals surface area contributed by atoms with Gasteiger partial charge in [-0.3, -0.25) is 0 Å². The molecule has 0 N–H and O–H groups in total. The molecule has 4 heteroatoms. The second kappa shape index (κ2) is 6.00. The van der Waals surface area contributed by atoms with E-state index >= 15 is 0 Å². The first-order valence-corrected chi connectivity index (χ1v) is 6.03. The lowest BCUT2D eigenvalue weighted by atomic mass is 10.1. The van der Waals surface area contributed by atoms with Crippen molar-refractivity contribution in [2.24, 2.45) is 0 Å². The molecule has 0 saturated heterocycles. The van der Waals surface area contributed by atoms with Gasteiger partial charge < -0.3 is 9.47 Å². The molecule has 0 fully saturated rings. The molecule has 1 aromatic carbocycles. The second-order valence-corrected chi connectivity index (χ2v) is 3.86. The third-order valence-corrected chi connectivity index (χ3v) is 2.57. The third-order valence-electron chi connectivity index (χ3n) is 2.57. The minimum absolute atomic E-state index is 0.243. The maximum Gasteiger partial charge on any atom is 0.356 e. The molecule has 0 amide bonds. The third kappa shape index (κ3) is 3.10. The summed E-state index contributed by atoms with van der Waals surface area (Å²) in [7, 11) is 1.33. The topological polar surface area (TPSA) is 48.4 Å². The van der Waals surface area contributed by atoms with Gasteiger partial charge in [-0.05, 0) is 6.92 Å². The van der Waals surface area contributed by atoms with Gasteiger partial charge in [-0.25, -0.2) is 9.78 Å². The Morgan fingerprint density at radius 3 is 2.58 bits per heavy atom. The molecular weight excluding hydrogens is 242 g/mol. The van der Waals surface area contributed by atoms with Crippen LogP contribution >= 0.6 is 0 Å². The van der Waals surface area contributed by atoms with Crippen LogP contribution in [0.3, 0.4) is 0 Å². The van der Waals surface area contributed by atoms with Crippen molar-refractivity contribution in [2.75, 3.05) is 13.7 Å². The molecular formula is C15H15NO3. The zero-order valence-electron chi connectivity index (χ0n) is 10.9. The summed E-state index contributed by atoms with van der Waals surface area (Å²) in [6, 6.07) is 13.0. The predicted molar refractivity (Wildman–Crippen MR) is 72.2 cm³/mol. The summed E-state index contributed by atoms with van der Waals surface area (Å²) in [6.45, 7) is 2.42. The highest BCUT2D eigenvalue weighted by Crippen LogP contribution is 2.23. The number of esters is 1. The van der Waals surface area contributed by atoms with Gasteiger partial charge in [0.2, 0.25) is 0 Å². The molecule has 0 aliphatic carbocycles. The molecule has 0 unspecified atom stereocenters. The standard InChI is InChI=1S/C15H15NO3/c1-3-19-12-9-13(11-7-5-4-6-8-11)16-14(10-12)15(17)18-2/h4-10H,3H2,1-2H3. The van der Waals surface area contributed by atoms with Crippen molar-refractivity contribution >= 4 is 5.97 Å². The summed E-state index contributed by atoms with van der Waals surface area (Å²) in [5.41, 5.74) is 1.86. The van der Waals surface area contributed by atoms with Gasteiger partial charge >= 0.3 is 5.97 Å². The Balaban J connectivity index is 2.48. The molecule has 0 aliphatic heterocycles. The van der Waals surface area contributed by atoms with Gasteiger partial charge in [0.25, 0.3) is 0 Å². The van der Waals surface area contributed by atoms with Crippen LogP contribution in [0, 0.1) is 0 Å². The fraction of sp³-hybridized carbons (Fsp3) is 0.200. The van der Waals surface area contributed by atoms with Gasteiger partial charge in [-0.2, -0.15) is 0 Å². The number of rotatable bonds is 4. The molecule has 19 heavy (non-hydrogen) atoms. The molecule has 1 heterocycles. The largest absolute Gasteiger partial charge is 0.494 e. The van der Waals surface area contributed by atoms with Crippen LogP contribution in [0.4, 0.5) is 0 Å². The molecule has 0 spiro atoms. The fourth-order valence-electron chi connectivity index (χ4n) is 1.72. The van der Waals surface area contributed by atoms with Crippen molar-refractivity contribution in [3.05, 3.63) is 48.2 Å². The van der Waals surface area contributed by atoms with E-state index in [1.165, 1.54) is 7.11 Å². The maximum absolute atomic E-state index is 11.6. The molecule has 2 rings (SSSR count). The number of hydrogen-bond donors (Lipinski definition) is 0. The lowest BCUT2D eigenvalue weighted by Gasteiger charge is -2.08. The van der Waals surface area contributed by atoms with E-state index in [4.69, 9.17) is 9.47 Å². The van der Waals surface area contributed by atoms with E-state index in [1.807, 2.05) is 43.3 Å². The van der Waals surface area contributed by atoms with E-state index in [-0.39, 0.29) is 5.69 Å². The van der Waals surface area contributed by atoms with Crippen molar-refractivity contribution in [2.45, 2.75) is 6.92 Å². The molecule has 98 valence electrons. The smallest absolute Gasteiger partial charge is 0.356 e. The Labute approximate surface area is 112 Å². The Morgan fingerprint density at radius 1 is 1.21 bits per heavy atom. The summed E-state index contributed by atoms with van der Waals surface area (Å²) in [4.78, 5) is 15.9. The van der Waals surface area contributed by atoms with E-state index in [2.05, 4.69) is 4.98 Å². The number of hydrogen-bond acceptors (Lipinski definition) is 4. The first-order valence-electron chi connectivity index (χ1n) is 6.03. The Hall–Kier alpha value is -2.36. The van der Waals surface area contributed by atoms with Gasteiger partial charge in [-0.1, -0.05) is 30.3 Å². The number of carbonyl (C=O) groups excluding carboxylic acids is 1. The van der Waals surface area contributed by atoms with E-state index in [1.54, 1.807) is 6.07 Å². The Bertz CT molecular complexity index is 567. The van der Waals surface area contributed by atoms with Crippen LogP contribution in [0.15, 0.2) is 42.5 Å². The number of methoxy groups -OCH3 is 1. The van der Waals surface area contributed by atoms with E-state index in [9.17, 15) is 4.79 Å². The number of pyridine rings is 1. The highest BCUT2D eigenvalue weighted by Gasteiger charge is 2.12. The van der Waals surface area contributed by atoms with Crippen molar-refractivity contribution < 1.29 is 14.3 Å². The van der Waals surface area contributed by atoms with Gasteiger partial charge in [-0.15, -0.1) is 0 Å². The van der Waals surface area contributed by atoms with Crippen molar-refractivity contribution in [1.29, 1.82) is 0 Å². The number of ether oxygens (including phenoxy) is 2. The second-order valence-electron chi connectivity index (χ2n) is 3.86. The summed E-state index contributed by atoms with van der Waals surface area (Å²) in [5.74, 6) is 0.135. The number of benzene rings is 1. The van der Waals surface area contributed by atoms with Crippen LogP contribution in [-0.4, -0.2) is 24.7 Å². The average molecular weight is 257 g/mol. The molecule has 1 aromatic heterocycles. The molecule has 2 aromatic rings. The summed E-state index contributed by atoms with van der Waals surface area (Å²) in [6.07, 6.45) is 0. The molecule has 0 saturated carbocycles. The zero-order valence-corrected chi connectivity index (χ0v) is 10.9. The summed E-state index contributed by atoms with van der Waals surface area (Å²) >= 11 is 0. The first-order chi connectivity index (χ1) is 9.24. The monoisotopic (exact) mass is 257 g/mol. The summed E-state index contributed by atoms with van der Waals surface area (Å²) in [5, 5.41) is 0. The molecule has 4 nitrogen and oxygen atoms in total. The van der Waals surface area contributed by atoms with Crippen LogP contribution in [0.5, 0.6) is 5.75 Å². The van der Waals surface area contributed by atoms with Crippen LogP contribution in [0.25, 0.3) is 11.3 Å². The molecule has 0 aliphatic rings. The van der Waals surface area contributed by atoms with Gasteiger partial charge in [0.1, 0.15) is 5.75 Å². The zero-order chi connectivity index (χ0) is 13.7. The predicted octanol–water partition coefficient (Wildman–Crippen LogP) is 2.93. The number of carbonyl (C=O) groups is 1. The summed E-state index contributed by atoms with van der Waals surface area (Å²) < 4.78 is 10.2. The van der Waals surface area contributed by atoms with Crippen LogP contribution < -0.4 is 4.74 Å². The van der Waals surface area contributed by atoms with Gasteiger partial charge in [0.05, 0.1) is 19.4 Å². The fourth-order valence-corrected chi connectivity index (χ4v) is 1.72. The number of nitrogens with zero attached hydrogens (tertiary/aromatic N) is 1. The first kappa shape index (κ1) is 13.1. The van der Waals surface area contributed by atoms with Gasteiger partial charge in [0.15, 0.2) is 5.69 Å². The average Bonchev–Trinajstić information content (AvgIpc) is 2.47. The lowest BCUT2D eigenvalue weighted by molar-refractivity contribution is 0.0593. The molecule has 0 radical (unpaired) electrons. The highest BCUT2D eigenvalue weighted by molar-refractivity contribution is 5.88. The lowest BCUT2D eigenvalue weighted by Crippen LogP contribution is -2.06.